The van der Waals surface area contributed by atoms with Crippen LogP contribution < -0.4 is 11.1 Å². The normalized spacial score (nSPS) is 29.6. The maximum atomic E-state index is 11.8. The molecule has 4 nitrogen and oxygen atoms in total. The first-order chi connectivity index (χ1) is 7.87. The van der Waals surface area contributed by atoms with Crippen LogP contribution in [0.3, 0.4) is 0 Å². The van der Waals surface area contributed by atoms with Crippen LogP contribution in [0.15, 0.2) is 0 Å². The van der Waals surface area contributed by atoms with E-state index in [0.717, 1.165) is 25.7 Å². The van der Waals surface area contributed by atoms with Crippen molar-refractivity contribution in [1.29, 1.82) is 0 Å². The third-order valence-corrected chi connectivity index (χ3v) is 3.97. The molecule has 18 heavy (non-hydrogen) atoms. The van der Waals surface area contributed by atoms with Crippen LogP contribution in [0.5, 0.6) is 0 Å². The van der Waals surface area contributed by atoms with Crippen molar-refractivity contribution in [1.82, 2.24) is 5.32 Å². The van der Waals surface area contributed by atoms with Crippen molar-refractivity contribution in [2.75, 3.05) is 6.54 Å². The lowest BCUT2D eigenvalue weighted by atomic mass is 9.73. The summed E-state index contributed by atoms with van der Waals surface area (Å²) in [5.41, 5.74) is 5.59. The van der Waals surface area contributed by atoms with Gasteiger partial charge < -0.3 is 16.2 Å². The van der Waals surface area contributed by atoms with E-state index < -0.39 is 6.04 Å². The quantitative estimate of drug-likeness (QED) is 0.729. The van der Waals surface area contributed by atoms with Gasteiger partial charge in [0.25, 0.3) is 0 Å². The largest absolute Gasteiger partial charge is 0.392 e. The lowest BCUT2D eigenvalue weighted by Crippen LogP contribution is -2.50. The molecule has 0 heterocycles. The molecule has 1 fully saturated rings. The number of nitrogens with one attached hydrogen (secondary N) is 1. The van der Waals surface area contributed by atoms with Crippen LogP contribution in [0.25, 0.3) is 0 Å². The Balaban J connectivity index is 0.00000289. The average molecular weight is 279 g/mol. The van der Waals surface area contributed by atoms with Gasteiger partial charge in [-0.1, -0.05) is 33.6 Å². The third-order valence-electron chi connectivity index (χ3n) is 3.97. The molecule has 0 bridgehead atoms. The zero-order valence-electron chi connectivity index (χ0n) is 11.6. The van der Waals surface area contributed by atoms with Gasteiger partial charge in [-0.2, -0.15) is 0 Å². The Morgan fingerprint density at radius 1 is 1.50 bits per heavy atom. The molecule has 0 aromatic heterocycles. The third kappa shape index (κ3) is 4.41. The van der Waals surface area contributed by atoms with Crippen LogP contribution in [0.4, 0.5) is 0 Å². The maximum Gasteiger partial charge on any atom is 0.237 e. The molecule has 3 atom stereocenters. The molecule has 1 aliphatic carbocycles. The van der Waals surface area contributed by atoms with E-state index in [9.17, 15) is 9.90 Å². The highest BCUT2D eigenvalue weighted by atomic mass is 35.5. The second-order valence-corrected chi connectivity index (χ2v) is 5.90. The van der Waals surface area contributed by atoms with Crippen molar-refractivity contribution in [3.05, 3.63) is 0 Å². The fraction of sp³-hybridized carbons (Fsp3) is 0.923. The van der Waals surface area contributed by atoms with Gasteiger partial charge in [0, 0.05) is 12.0 Å². The first kappa shape index (κ1) is 17.7. The number of hydrogen-bond donors (Lipinski definition) is 3. The predicted molar refractivity (Wildman–Crippen MR) is 75.7 cm³/mol. The molecular formula is C13H27ClN2O2. The molecule has 1 saturated carbocycles. The van der Waals surface area contributed by atoms with E-state index in [1.165, 1.54) is 0 Å². The van der Waals surface area contributed by atoms with Crippen LogP contribution in [-0.4, -0.2) is 29.7 Å². The number of nitrogens with two attached hydrogens (primary N) is 1. The molecule has 2 unspecified atom stereocenters. The fourth-order valence-corrected chi connectivity index (χ4v) is 2.30. The summed E-state index contributed by atoms with van der Waals surface area (Å²) in [6, 6.07) is -0.459. The predicted octanol–water partition coefficient (Wildman–Crippen LogP) is 1.45. The number of hydrogen-bond acceptors (Lipinski definition) is 3. The number of carbonyl (C=O) groups is 1. The molecule has 1 rings (SSSR count). The summed E-state index contributed by atoms with van der Waals surface area (Å²) in [7, 11) is 0. The van der Waals surface area contributed by atoms with Crippen LogP contribution >= 0.6 is 12.4 Å². The molecule has 0 aromatic rings. The Labute approximate surface area is 116 Å². The number of amides is 1. The smallest absolute Gasteiger partial charge is 0.237 e. The van der Waals surface area contributed by atoms with E-state index >= 15 is 0 Å². The van der Waals surface area contributed by atoms with Gasteiger partial charge in [0.2, 0.25) is 5.91 Å². The number of carbonyl (C=O) groups excluding carboxylic acids is 1. The van der Waals surface area contributed by atoms with Crippen LogP contribution in [-0.2, 0) is 4.79 Å². The summed E-state index contributed by atoms with van der Waals surface area (Å²) < 4.78 is 0. The van der Waals surface area contributed by atoms with Crippen LogP contribution in [0, 0.1) is 11.3 Å². The minimum Gasteiger partial charge on any atom is -0.392 e. The highest BCUT2D eigenvalue weighted by molar-refractivity contribution is 5.85. The number of aliphatic hydroxyl groups is 1. The van der Waals surface area contributed by atoms with E-state index in [2.05, 4.69) is 5.32 Å². The number of rotatable bonds is 4. The molecule has 108 valence electrons. The van der Waals surface area contributed by atoms with E-state index in [0.29, 0.717) is 6.54 Å². The van der Waals surface area contributed by atoms with Crippen LogP contribution in [0.2, 0.25) is 0 Å². The summed E-state index contributed by atoms with van der Waals surface area (Å²) in [4.78, 5) is 11.8. The second-order valence-electron chi connectivity index (χ2n) is 5.90. The zero-order chi connectivity index (χ0) is 13.1. The monoisotopic (exact) mass is 278 g/mol. The summed E-state index contributed by atoms with van der Waals surface area (Å²) in [5, 5.41) is 12.9. The molecule has 4 N–H and O–H groups in total. The van der Waals surface area contributed by atoms with Crippen molar-refractivity contribution >= 4 is 18.3 Å². The zero-order valence-corrected chi connectivity index (χ0v) is 12.4. The average Bonchev–Trinajstić information content (AvgIpc) is 2.29. The minimum absolute atomic E-state index is 0. The summed E-state index contributed by atoms with van der Waals surface area (Å²) in [6.45, 7) is 6.42. The summed E-state index contributed by atoms with van der Waals surface area (Å²) in [6.07, 6.45) is 3.69. The number of halogens is 1. The van der Waals surface area contributed by atoms with Gasteiger partial charge in [0.15, 0.2) is 0 Å². The highest BCUT2D eigenvalue weighted by Gasteiger charge is 2.35. The number of aliphatic hydroxyl groups excluding tert-OH is 1. The Kier molecular flexibility index (Phi) is 7.18. The molecule has 5 heteroatoms. The van der Waals surface area contributed by atoms with E-state index in [1.54, 1.807) is 0 Å². The van der Waals surface area contributed by atoms with Crippen LogP contribution in [0.1, 0.15) is 46.5 Å². The Morgan fingerprint density at radius 3 is 2.61 bits per heavy atom. The second kappa shape index (κ2) is 7.31. The van der Waals surface area contributed by atoms with Gasteiger partial charge in [-0.05, 0) is 18.8 Å². The molecule has 1 amide bonds. The van der Waals surface area contributed by atoms with Gasteiger partial charge >= 0.3 is 0 Å². The first-order valence-electron chi connectivity index (χ1n) is 6.58. The van der Waals surface area contributed by atoms with Gasteiger partial charge in [0.1, 0.15) is 0 Å². The van der Waals surface area contributed by atoms with E-state index in [1.807, 2.05) is 20.8 Å². The first-order valence-corrected chi connectivity index (χ1v) is 6.58. The summed E-state index contributed by atoms with van der Waals surface area (Å²) in [5.74, 6) is 0.0260. The molecular weight excluding hydrogens is 252 g/mol. The Hall–Kier alpha value is -0.320. The van der Waals surface area contributed by atoms with Crippen molar-refractivity contribution in [2.24, 2.45) is 17.1 Å². The van der Waals surface area contributed by atoms with Crippen molar-refractivity contribution < 1.29 is 9.90 Å². The molecule has 0 aromatic carbocycles. The van der Waals surface area contributed by atoms with Gasteiger partial charge in [-0.3, -0.25) is 4.79 Å². The topological polar surface area (TPSA) is 75.4 Å². The van der Waals surface area contributed by atoms with Crippen molar-refractivity contribution in [3.8, 4) is 0 Å². The maximum absolute atomic E-state index is 11.8. The lowest BCUT2D eigenvalue weighted by molar-refractivity contribution is -0.124. The molecule has 0 radical (unpaired) electrons. The summed E-state index contributed by atoms with van der Waals surface area (Å²) >= 11 is 0. The molecule has 0 spiro atoms. The lowest BCUT2D eigenvalue weighted by Gasteiger charge is -2.38. The van der Waals surface area contributed by atoms with Crippen molar-refractivity contribution in [2.45, 2.75) is 58.6 Å². The Bertz CT molecular complexity index is 274. The van der Waals surface area contributed by atoms with Gasteiger partial charge in [0.05, 0.1) is 12.1 Å². The molecule has 0 saturated heterocycles. The van der Waals surface area contributed by atoms with Crippen molar-refractivity contribution in [3.63, 3.8) is 0 Å². The van der Waals surface area contributed by atoms with E-state index in [4.69, 9.17) is 5.73 Å². The molecule has 1 aliphatic rings. The fourth-order valence-electron chi connectivity index (χ4n) is 2.30. The minimum atomic E-state index is -0.459. The molecule has 0 aliphatic heterocycles. The standard InChI is InChI=1S/C13H26N2O2.ClH/c1-9(2)11(14)12(17)15-8-13(3)7-5-4-6-10(13)16;/h9-11,16H,4-8,14H2,1-3H3,(H,15,17);1H/t10?,11-,13?;/m0./s1. The van der Waals surface area contributed by atoms with Gasteiger partial charge in [-0.25, -0.2) is 0 Å². The van der Waals surface area contributed by atoms with E-state index in [-0.39, 0.29) is 35.8 Å². The highest BCUT2D eigenvalue weighted by Crippen LogP contribution is 2.35. The van der Waals surface area contributed by atoms with Gasteiger partial charge in [-0.15, -0.1) is 12.4 Å². The SMILES string of the molecule is CC(C)[C@H](N)C(=O)NCC1(C)CCCCC1O.Cl. The Morgan fingerprint density at radius 2 is 2.11 bits per heavy atom.